The van der Waals surface area contributed by atoms with Crippen LogP contribution >= 0.6 is 0 Å². The molecule has 7 rings (SSSR count). The highest BCUT2D eigenvalue weighted by molar-refractivity contribution is 5.92. The Bertz CT molecular complexity index is 1770. The number of rotatable bonds is 10. The van der Waals surface area contributed by atoms with E-state index in [0.717, 1.165) is 72.6 Å². The molecule has 0 bridgehead atoms. The number of nitrogens with zero attached hydrogens (tertiary/aromatic N) is 6. The van der Waals surface area contributed by atoms with Crippen LogP contribution in [0.4, 0.5) is 0 Å². The van der Waals surface area contributed by atoms with E-state index in [1.807, 2.05) is 30.3 Å². The van der Waals surface area contributed by atoms with Crippen molar-refractivity contribution in [3.63, 3.8) is 0 Å². The van der Waals surface area contributed by atoms with Gasteiger partial charge in [-0.2, -0.15) is 5.10 Å². The van der Waals surface area contributed by atoms with Gasteiger partial charge < -0.3 is 23.9 Å². The third kappa shape index (κ3) is 5.53. The summed E-state index contributed by atoms with van der Waals surface area (Å²) in [5.74, 6) is 1.65. The molecule has 5 aromatic rings. The maximum atomic E-state index is 11.6. The van der Waals surface area contributed by atoms with Crippen LogP contribution in [0.5, 0.6) is 11.8 Å². The molecule has 43 heavy (non-hydrogen) atoms. The Balaban J connectivity index is 1.01. The average Bonchev–Trinajstić information content (AvgIpc) is 3.63. The Hall–Kier alpha value is -4.48. The monoisotopic (exact) mass is 582 g/mol. The molecule has 222 valence electrons. The van der Waals surface area contributed by atoms with Crippen LogP contribution in [0.25, 0.3) is 16.6 Å². The minimum atomic E-state index is -0.933. The van der Waals surface area contributed by atoms with Crippen molar-refractivity contribution in [1.29, 1.82) is 0 Å². The number of pyridine rings is 2. The predicted octanol–water partition coefficient (Wildman–Crippen LogP) is 4.53. The van der Waals surface area contributed by atoms with E-state index in [1.54, 1.807) is 36.0 Å². The number of piperidine rings is 1. The number of likely N-dealkylation sites (tertiary alicyclic amines) is 1. The first-order valence-electron chi connectivity index (χ1n) is 14.7. The zero-order valence-corrected chi connectivity index (χ0v) is 24.1. The van der Waals surface area contributed by atoms with Crippen LogP contribution in [-0.4, -0.2) is 73.0 Å². The topological polar surface area (TPSA) is 116 Å². The van der Waals surface area contributed by atoms with Gasteiger partial charge in [-0.3, -0.25) is 4.90 Å². The molecule has 0 spiro atoms. The second kappa shape index (κ2) is 11.7. The van der Waals surface area contributed by atoms with Gasteiger partial charge in [0, 0.05) is 35.9 Å². The van der Waals surface area contributed by atoms with Gasteiger partial charge in [-0.15, -0.1) is 0 Å². The van der Waals surface area contributed by atoms with Gasteiger partial charge in [0.2, 0.25) is 11.8 Å². The number of carbonyl (C=O) groups is 1. The van der Waals surface area contributed by atoms with Gasteiger partial charge in [0.25, 0.3) is 0 Å². The highest BCUT2D eigenvalue weighted by Crippen LogP contribution is 2.30. The lowest BCUT2D eigenvalue weighted by Gasteiger charge is -2.32. The third-order valence-corrected chi connectivity index (χ3v) is 8.56. The lowest BCUT2D eigenvalue weighted by molar-refractivity contribution is -0.0592. The molecule has 1 atom stereocenters. The molecule has 2 aliphatic heterocycles. The van der Waals surface area contributed by atoms with Gasteiger partial charge in [0.1, 0.15) is 12.4 Å². The summed E-state index contributed by atoms with van der Waals surface area (Å²) >= 11 is 0. The molecule has 0 aliphatic carbocycles. The molecule has 6 heterocycles. The van der Waals surface area contributed by atoms with Gasteiger partial charge in [-0.25, -0.2) is 19.3 Å². The normalized spacial score (nSPS) is 17.7. The number of hydrogen-bond donors (Lipinski definition) is 1. The summed E-state index contributed by atoms with van der Waals surface area (Å²) in [4.78, 5) is 23.8. The SMILES string of the molecule is COc1ccc(COc2cccc(C3CCN(Cc4nc5ccc(C(=O)O)cc5n4C[C@@H]4CCO4)CC3)n2)c2ccnn12. The molecule has 1 N–H and O–H groups in total. The molecule has 1 aromatic carbocycles. The van der Waals surface area contributed by atoms with Crippen molar-refractivity contribution < 1.29 is 24.1 Å². The van der Waals surface area contributed by atoms with E-state index >= 15 is 0 Å². The number of ether oxygens (including phenoxy) is 3. The lowest BCUT2D eigenvalue weighted by Crippen LogP contribution is -2.35. The summed E-state index contributed by atoms with van der Waals surface area (Å²) in [7, 11) is 1.63. The number of methoxy groups -OCH3 is 1. The number of benzene rings is 1. The second-order valence-corrected chi connectivity index (χ2v) is 11.2. The van der Waals surface area contributed by atoms with Crippen molar-refractivity contribution in [2.75, 3.05) is 26.8 Å². The Morgan fingerprint density at radius 2 is 1.91 bits per heavy atom. The highest BCUT2D eigenvalue weighted by Gasteiger charge is 2.26. The molecule has 2 aliphatic rings. The van der Waals surface area contributed by atoms with Crippen molar-refractivity contribution in [2.45, 2.75) is 51.0 Å². The van der Waals surface area contributed by atoms with Crippen LogP contribution in [-0.2, 0) is 24.4 Å². The first kappa shape index (κ1) is 27.4. The number of hydrogen-bond acceptors (Lipinski definition) is 8. The van der Waals surface area contributed by atoms with E-state index in [2.05, 4.69) is 20.6 Å². The fourth-order valence-electron chi connectivity index (χ4n) is 6.07. The van der Waals surface area contributed by atoms with Crippen molar-refractivity contribution in [3.8, 4) is 11.8 Å². The Morgan fingerprint density at radius 3 is 2.67 bits per heavy atom. The van der Waals surface area contributed by atoms with E-state index < -0.39 is 5.97 Å². The molecule has 2 fully saturated rings. The molecule has 2 saturated heterocycles. The lowest BCUT2D eigenvalue weighted by atomic mass is 9.93. The van der Waals surface area contributed by atoms with Crippen LogP contribution in [0.2, 0.25) is 0 Å². The minimum Gasteiger partial charge on any atom is -0.481 e. The zero-order valence-electron chi connectivity index (χ0n) is 24.1. The summed E-state index contributed by atoms with van der Waals surface area (Å²) in [6.45, 7) is 4.40. The molecule has 0 amide bonds. The summed E-state index contributed by atoms with van der Waals surface area (Å²) in [6, 6.07) is 17.0. The van der Waals surface area contributed by atoms with E-state index in [1.165, 1.54) is 0 Å². The second-order valence-electron chi connectivity index (χ2n) is 11.2. The summed E-state index contributed by atoms with van der Waals surface area (Å²) < 4.78 is 21.1. The van der Waals surface area contributed by atoms with E-state index in [4.69, 9.17) is 24.2 Å². The first-order chi connectivity index (χ1) is 21.1. The first-order valence-corrected chi connectivity index (χ1v) is 14.7. The number of fused-ring (bicyclic) bond motifs is 2. The van der Waals surface area contributed by atoms with Gasteiger partial charge in [0.15, 0.2) is 0 Å². The Labute approximate surface area is 248 Å². The van der Waals surface area contributed by atoms with Gasteiger partial charge in [-0.05, 0) is 68.8 Å². The standard InChI is InChI=1S/C32H34N6O5/c1-41-31-8-6-23(27-9-13-33-38(27)31)20-43-30-4-2-3-25(35-30)21-10-14-36(15-11-21)19-29-34-26-7-5-22(32(39)40)17-28(26)37(29)18-24-12-16-42-24/h2-9,13,17,21,24H,10-12,14-16,18-20H2,1H3,(H,39,40)/t24-/m0/s1. The van der Waals surface area contributed by atoms with Crippen molar-refractivity contribution in [3.05, 3.63) is 83.4 Å². The minimum absolute atomic E-state index is 0.145. The maximum Gasteiger partial charge on any atom is 0.335 e. The van der Waals surface area contributed by atoms with Gasteiger partial charge >= 0.3 is 5.97 Å². The maximum absolute atomic E-state index is 11.6. The van der Waals surface area contributed by atoms with Crippen molar-refractivity contribution >= 4 is 22.5 Å². The molecular formula is C32H34N6O5. The predicted molar refractivity (Wildman–Crippen MR) is 159 cm³/mol. The summed E-state index contributed by atoms with van der Waals surface area (Å²) in [5.41, 5.74) is 4.95. The van der Waals surface area contributed by atoms with Crippen LogP contribution < -0.4 is 9.47 Å². The van der Waals surface area contributed by atoms with E-state index in [-0.39, 0.29) is 11.7 Å². The number of carboxylic acids is 1. The molecule has 0 radical (unpaired) electrons. The van der Waals surface area contributed by atoms with Crippen LogP contribution in [0.3, 0.4) is 0 Å². The highest BCUT2D eigenvalue weighted by atomic mass is 16.5. The van der Waals surface area contributed by atoms with Crippen LogP contribution in [0.1, 0.15) is 52.6 Å². The molecule has 0 unspecified atom stereocenters. The molecular weight excluding hydrogens is 548 g/mol. The smallest absolute Gasteiger partial charge is 0.335 e. The third-order valence-electron chi connectivity index (χ3n) is 8.56. The number of imidazole rings is 1. The van der Waals surface area contributed by atoms with E-state index in [0.29, 0.717) is 37.4 Å². The summed E-state index contributed by atoms with van der Waals surface area (Å²) in [6.07, 6.45) is 4.88. The molecule has 0 saturated carbocycles. The molecule has 11 nitrogen and oxygen atoms in total. The van der Waals surface area contributed by atoms with Gasteiger partial charge in [0.05, 0.1) is 54.6 Å². The zero-order chi connectivity index (χ0) is 29.3. The van der Waals surface area contributed by atoms with Crippen LogP contribution in [0, 0.1) is 0 Å². The largest absolute Gasteiger partial charge is 0.481 e. The Morgan fingerprint density at radius 1 is 1.05 bits per heavy atom. The van der Waals surface area contributed by atoms with Crippen LogP contribution in [0.15, 0.2) is 60.8 Å². The Kier molecular flexibility index (Phi) is 7.42. The van der Waals surface area contributed by atoms with Crippen molar-refractivity contribution in [1.82, 2.24) is 29.0 Å². The van der Waals surface area contributed by atoms with Gasteiger partial charge in [-0.1, -0.05) is 6.07 Å². The fraction of sp³-hybridized carbons (Fsp3) is 0.375. The fourth-order valence-corrected chi connectivity index (χ4v) is 6.07. The molecule has 4 aromatic heterocycles. The number of carboxylic acid groups (broad SMARTS) is 1. The van der Waals surface area contributed by atoms with E-state index in [9.17, 15) is 9.90 Å². The summed E-state index contributed by atoms with van der Waals surface area (Å²) in [5, 5.41) is 13.9. The number of aromatic nitrogens is 5. The molecule has 11 heteroatoms. The van der Waals surface area contributed by atoms with Crippen molar-refractivity contribution in [2.24, 2.45) is 0 Å². The average molecular weight is 583 g/mol. The number of aromatic carboxylic acids is 1. The quantitative estimate of drug-likeness (QED) is 0.253.